The van der Waals surface area contributed by atoms with Crippen molar-refractivity contribution in [2.24, 2.45) is 0 Å². The van der Waals surface area contributed by atoms with Gasteiger partial charge in [0.1, 0.15) is 11.9 Å². The van der Waals surface area contributed by atoms with E-state index in [-0.39, 0.29) is 30.1 Å². The second kappa shape index (κ2) is 10.1. The molecule has 2 aromatic carbocycles. The third kappa shape index (κ3) is 5.07. The van der Waals surface area contributed by atoms with Gasteiger partial charge < -0.3 is 5.32 Å². The van der Waals surface area contributed by atoms with E-state index in [0.717, 1.165) is 41.7 Å². The Kier molecular flexibility index (Phi) is 7.00. The number of hydrogen-bond donors (Lipinski definition) is 1. The van der Waals surface area contributed by atoms with Crippen LogP contribution in [0.15, 0.2) is 66.0 Å². The van der Waals surface area contributed by atoms with Gasteiger partial charge in [0.15, 0.2) is 0 Å². The molecule has 0 saturated heterocycles. The molecular weight excluding hydrogens is 423 g/mol. The summed E-state index contributed by atoms with van der Waals surface area (Å²) in [6.07, 6.45) is 4.27. The van der Waals surface area contributed by atoms with E-state index in [1.54, 1.807) is 12.1 Å². The molecule has 0 spiro atoms. The Balaban J connectivity index is 1.77. The van der Waals surface area contributed by atoms with Crippen molar-refractivity contribution in [1.82, 2.24) is 5.32 Å². The van der Waals surface area contributed by atoms with Crippen molar-refractivity contribution in [3.8, 4) is 0 Å². The third-order valence-corrected chi connectivity index (χ3v) is 6.85. The summed E-state index contributed by atoms with van der Waals surface area (Å²) < 4.78 is 13.7. The first-order valence-electron chi connectivity index (χ1n) is 11.0. The fourth-order valence-corrected chi connectivity index (χ4v) is 5.02. The largest absolute Gasteiger partial charge is 0.351 e. The molecule has 0 radical (unpaired) electrons. The molecule has 2 amide bonds. The van der Waals surface area contributed by atoms with Crippen LogP contribution in [-0.4, -0.2) is 17.9 Å². The molecule has 0 bridgehead atoms. The number of rotatable bonds is 7. The highest BCUT2D eigenvalue weighted by Gasteiger charge is 2.35. The van der Waals surface area contributed by atoms with Gasteiger partial charge in [0.2, 0.25) is 11.8 Å². The molecule has 1 N–H and O–H groups in total. The van der Waals surface area contributed by atoms with E-state index in [2.05, 4.69) is 5.32 Å². The first kappa shape index (κ1) is 22.2. The van der Waals surface area contributed by atoms with Gasteiger partial charge in [-0.25, -0.2) is 4.39 Å². The Morgan fingerprint density at radius 2 is 1.78 bits per heavy atom. The number of halogens is 1. The minimum absolute atomic E-state index is 0.122. The highest BCUT2D eigenvalue weighted by molar-refractivity contribution is 7.10. The molecule has 166 valence electrons. The molecule has 0 unspecified atom stereocenters. The molecule has 0 aliphatic heterocycles. The molecule has 1 aromatic heterocycles. The Bertz CT molecular complexity index is 1060. The van der Waals surface area contributed by atoms with E-state index in [9.17, 15) is 14.0 Å². The highest BCUT2D eigenvalue weighted by Crippen LogP contribution is 2.32. The van der Waals surface area contributed by atoms with Crippen molar-refractivity contribution in [3.05, 3.63) is 87.9 Å². The molecule has 6 heteroatoms. The van der Waals surface area contributed by atoms with Gasteiger partial charge in [-0.15, -0.1) is 11.3 Å². The van der Waals surface area contributed by atoms with Crippen molar-refractivity contribution in [3.63, 3.8) is 0 Å². The van der Waals surface area contributed by atoms with E-state index in [1.165, 1.54) is 28.4 Å². The highest BCUT2D eigenvalue weighted by atomic mass is 32.1. The van der Waals surface area contributed by atoms with Gasteiger partial charge in [0, 0.05) is 16.6 Å². The fraction of sp³-hybridized carbons (Fsp3) is 0.308. The van der Waals surface area contributed by atoms with Crippen molar-refractivity contribution >= 4 is 28.8 Å². The summed E-state index contributed by atoms with van der Waals surface area (Å²) in [5, 5.41) is 5.10. The Morgan fingerprint density at radius 3 is 2.44 bits per heavy atom. The van der Waals surface area contributed by atoms with Gasteiger partial charge in [-0.3, -0.25) is 14.5 Å². The van der Waals surface area contributed by atoms with Crippen LogP contribution < -0.4 is 10.2 Å². The zero-order chi connectivity index (χ0) is 22.5. The van der Waals surface area contributed by atoms with Crippen molar-refractivity contribution in [2.75, 3.05) is 4.90 Å². The number of amides is 2. The summed E-state index contributed by atoms with van der Waals surface area (Å²) in [5.74, 6) is -0.786. The SMILES string of the molecule is Cc1ccccc1[C@H](C(=O)NC1CCCC1)N(C(=O)Cc1cccs1)c1ccc(F)cc1. The lowest BCUT2D eigenvalue weighted by Gasteiger charge is -2.33. The molecule has 3 aromatic rings. The van der Waals surface area contributed by atoms with Crippen LogP contribution in [0, 0.1) is 12.7 Å². The summed E-state index contributed by atoms with van der Waals surface area (Å²) in [6, 6.07) is 16.5. The molecule has 1 atom stereocenters. The van der Waals surface area contributed by atoms with Crippen LogP contribution in [0.1, 0.15) is 47.7 Å². The fourth-order valence-electron chi connectivity index (χ4n) is 4.33. The van der Waals surface area contributed by atoms with Crippen LogP contribution in [0.4, 0.5) is 10.1 Å². The molecule has 1 fully saturated rings. The number of thiophene rings is 1. The predicted molar refractivity (Wildman–Crippen MR) is 126 cm³/mol. The van der Waals surface area contributed by atoms with Gasteiger partial charge in [0.05, 0.1) is 6.42 Å². The van der Waals surface area contributed by atoms with Crippen LogP contribution in [0.3, 0.4) is 0 Å². The lowest BCUT2D eigenvalue weighted by atomic mass is 9.97. The quantitative estimate of drug-likeness (QED) is 0.511. The van der Waals surface area contributed by atoms with Crippen LogP contribution in [0.5, 0.6) is 0 Å². The number of aryl methyl sites for hydroxylation is 1. The number of carbonyl (C=O) groups excluding carboxylic acids is 2. The van der Waals surface area contributed by atoms with Gasteiger partial charge >= 0.3 is 0 Å². The maximum Gasteiger partial charge on any atom is 0.248 e. The number of hydrogen-bond acceptors (Lipinski definition) is 3. The molecular formula is C26H27FN2O2S. The van der Waals surface area contributed by atoms with Crippen molar-refractivity contribution in [2.45, 2.75) is 51.1 Å². The average molecular weight is 451 g/mol. The van der Waals surface area contributed by atoms with E-state index < -0.39 is 6.04 Å². The Morgan fingerprint density at radius 1 is 1.06 bits per heavy atom. The van der Waals surface area contributed by atoms with E-state index in [1.807, 2.05) is 48.7 Å². The number of nitrogens with one attached hydrogen (secondary N) is 1. The second-order valence-electron chi connectivity index (χ2n) is 8.25. The Hall–Kier alpha value is -2.99. The molecule has 4 nitrogen and oxygen atoms in total. The summed E-state index contributed by atoms with van der Waals surface area (Å²) in [5.41, 5.74) is 2.20. The maximum atomic E-state index is 13.7. The van der Waals surface area contributed by atoms with Gasteiger partial charge in [-0.1, -0.05) is 43.2 Å². The second-order valence-corrected chi connectivity index (χ2v) is 9.28. The van der Waals surface area contributed by atoms with Crippen LogP contribution >= 0.6 is 11.3 Å². The molecule has 1 aliphatic rings. The van der Waals surface area contributed by atoms with Crippen molar-refractivity contribution < 1.29 is 14.0 Å². The number of benzene rings is 2. The van der Waals surface area contributed by atoms with Crippen LogP contribution in [0.2, 0.25) is 0 Å². The number of anilines is 1. The summed E-state index contributed by atoms with van der Waals surface area (Å²) in [6.45, 7) is 1.94. The average Bonchev–Trinajstić information content (AvgIpc) is 3.48. The summed E-state index contributed by atoms with van der Waals surface area (Å²) in [7, 11) is 0. The normalized spacial score (nSPS) is 14.8. The molecule has 1 heterocycles. The summed E-state index contributed by atoms with van der Waals surface area (Å²) >= 11 is 1.50. The van der Waals surface area contributed by atoms with Gasteiger partial charge in [-0.2, -0.15) is 0 Å². The lowest BCUT2D eigenvalue weighted by Crippen LogP contribution is -2.47. The van der Waals surface area contributed by atoms with Crippen LogP contribution in [0.25, 0.3) is 0 Å². The number of carbonyl (C=O) groups is 2. The first-order chi connectivity index (χ1) is 15.5. The molecule has 32 heavy (non-hydrogen) atoms. The van der Waals surface area contributed by atoms with E-state index in [4.69, 9.17) is 0 Å². The number of nitrogens with zero attached hydrogens (tertiary/aromatic N) is 1. The molecule has 1 aliphatic carbocycles. The standard InChI is InChI=1S/C26H27FN2O2S/c1-18-7-2-5-11-23(18)25(26(31)28-20-8-3-4-9-20)29(21-14-12-19(27)13-15-21)24(30)17-22-10-6-16-32-22/h2,5-7,10-16,20,25H,3-4,8-9,17H2,1H3,(H,28,31)/t25-/m1/s1. The maximum absolute atomic E-state index is 13.7. The van der Waals surface area contributed by atoms with Crippen molar-refractivity contribution in [1.29, 1.82) is 0 Å². The lowest BCUT2D eigenvalue weighted by molar-refractivity contribution is -0.127. The smallest absolute Gasteiger partial charge is 0.248 e. The zero-order valence-electron chi connectivity index (χ0n) is 18.1. The third-order valence-electron chi connectivity index (χ3n) is 5.97. The first-order valence-corrected chi connectivity index (χ1v) is 11.9. The summed E-state index contributed by atoms with van der Waals surface area (Å²) in [4.78, 5) is 29.7. The van der Waals surface area contributed by atoms with Gasteiger partial charge in [-0.05, 0) is 66.6 Å². The monoisotopic (exact) mass is 450 g/mol. The van der Waals surface area contributed by atoms with E-state index >= 15 is 0 Å². The van der Waals surface area contributed by atoms with E-state index in [0.29, 0.717) is 5.69 Å². The molecule has 1 saturated carbocycles. The minimum Gasteiger partial charge on any atom is -0.351 e. The minimum atomic E-state index is -0.838. The van der Waals surface area contributed by atoms with Gasteiger partial charge in [0.25, 0.3) is 0 Å². The predicted octanol–water partition coefficient (Wildman–Crippen LogP) is 5.57. The molecule has 4 rings (SSSR count). The topological polar surface area (TPSA) is 49.4 Å². The van der Waals surface area contributed by atoms with Crippen LogP contribution in [-0.2, 0) is 16.0 Å². The Labute approximate surface area is 192 Å². The zero-order valence-corrected chi connectivity index (χ0v) is 18.9.